The third-order valence-electron chi connectivity index (χ3n) is 3.84. The number of amides is 1. The molecule has 1 aromatic rings. The largest absolute Gasteiger partial charge is 0.478 e. The van der Waals surface area contributed by atoms with Crippen LogP contribution in [0.4, 0.5) is 0 Å². The Balaban J connectivity index is 2.29. The lowest BCUT2D eigenvalue weighted by molar-refractivity contribution is 0.0690. The highest BCUT2D eigenvalue weighted by molar-refractivity contribution is 6.06. The van der Waals surface area contributed by atoms with E-state index in [4.69, 9.17) is 0 Å². The minimum Gasteiger partial charge on any atom is -0.478 e. The van der Waals surface area contributed by atoms with Crippen LogP contribution in [0.3, 0.4) is 0 Å². The van der Waals surface area contributed by atoms with Gasteiger partial charge in [0.05, 0.1) is 11.1 Å². The van der Waals surface area contributed by atoms with Gasteiger partial charge >= 0.3 is 5.97 Å². The van der Waals surface area contributed by atoms with E-state index in [1.165, 1.54) is 0 Å². The highest BCUT2D eigenvalue weighted by Gasteiger charge is 2.37. The van der Waals surface area contributed by atoms with Crippen molar-refractivity contribution in [3.8, 4) is 0 Å². The van der Waals surface area contributed by atoms with Crippen LogP contribution in [0.5, 0.6) is 0 Å². The van der Waals surface area contributed by atoms with Crippen LogP contribution in [0.2, 0.25) is 0 Å². The van der Waals surface area contributed by atoms with Crippen LogP contribution >= 0.6 is 0 Å². The van der Waals surface area contributed by atoms with Gasteiger partial charge in [-0.1, -0.05) is 19.1 Å². The van der Waals surface area contributed by atoms with Gasteiger partial charge in [0.2, 0.25) is 0 Å². The molecule has 102 valence electrons. The Hall–Kier alpha value is -1.84. The van der Waals surface area contributed by atoms with E-state index in [-0.39, 0.29) is 22.4 Å². The Morgan fingerprint density at radius 3 is 2.21 bits per heavy atom. The minimum absolute atomic E-state index is 0.110. The van der Waals surface area contributed by atoms with E-state index >= 15 is 0 Å². The van der Waals surface area contributed by atoms with Crippen molar-refractivity contribution in [1.29, 1.82) is 0 Å². The van der Waals surface area contributed by atoms with Gasteiger partial charge in [-0.05, 0) is 43.2 Å². The average Bonchev–Trinajstić information content (AvgIpc) is 3.07. The number of carbonyl (C=O) groups excluding carboxylic acids is 1. The molecule has 0 heterocycles. The maximum Gasteiger partial charge on any atom is 0.336 e. The summed E-state index contributed by atoms with van der Waals surface area (Å²) in [5, 5.41) is 12.1. The van der Waals surface area contributed by atoms with Crippen LogP contribution in [0, 0.1) is 19.3 Å². The number of carbonyl (C=O) groups is 2. The summed E-state index contributed by atoms with van der Waals surface area (Å²) in [5.41, 5.74) is 1.91. The fourth-order valence-corrected chi connectivity index (χ4v) is 2.15. The summed E-state index contributed by atoms with van der Waals surface area (Å²) in [4.78, 5) is 23.6. The Bertz CT molecular complexity index is 545. The predicted molar refractivity (Wildman–Crippen MR) is 72.5 cm³/mol. The van der Waals surface area contributed by atoms with Gasteiger partial charge in [0.1, 0.15) is 0 Å². The summed E-state index contributed by atoms with van der Waals surface area (Å²) in [5.74, 6) is -1.34. The van der Waals surface area contributed by atoms with Crippen molar-refractivity contribution in [2.24, 2.45) is 5.41 Å². The zero-order valence-corrected chi connectivity index (χ0v) is 11.5. The Labute approximate surface area is 112 Å². The van der Waals surface area contributed by atoms with Gasteiger partial charge in [0.15, 0.2) is 0 Å². The average molecular weight is 261 g/mol. The van der Waals surface area contributed by atoms with Gasteiger partial charge in [-0.2, -0.15) is 0 Å². The number of benzene rings is 1. The number of aryl methyl sites for hydroxylation is 2. The predicted octanol–water partition coefficient (Wildman–Crippen LogP) is 2.53. The van der Waals surface area contributed by atoms with Gasteiger partial charge < -0.3 is 10.4 Å². The highest BCUT2D eigenvalue weighted by Crippen LogP contribution is 2.44. The van der Waals surface area contributed by atoms with Gasteiger partial charge in [0.25, 0.3) is 5.91 Å². The number of carboxylic acids is 1. The molecule has 4 nitrogen and oxygen atoms in total. The first kappa shape index (κ1) is 13.6. The van der Waals surface area contributed by atoms with E-state index in [1.54, 1.807) is 26.0 Å². The normalized spacial score (nSPS) is 15.9. The van der Waals surface area contributed by atoms with E-state index < -0.39 is 5.97 Å². The van der Waals surface area contributed by atoms with Crippen molar-refractivity contribution in [3.05, 3.63) is 34.4 Å². The van der Waals surface area contributed by atoms with E-state index in [9.17, 15) is 14.7 Å². The van der Waals surface area contributed by atoms with Crippen molar-refractivity contribution in [2.45, 2.75) is 33.6 Å². The van der Waals surface area contributed by atoms with Crippen LogP contribution < -0.4 is 5.32 Å². The van der Waals surface area contributed by atoms with E-state index in [1.807, 2.05) is 0 Å². The van der Waals surface area contributed by atoms with Gasteiger partial charge in [-0.15, -0.1) is 0 Å². The van der Waals surface area contributed by atoms with Crippen LogP contribution in [-0.4, -0.2) is 23.5 Å². The molecule has 2 N–H and O–H groups in total. The molecule has 0 aliphatic heterocycles. The molecule has 1 amide bonds. The number of hydrogen-bond donors (Lipinski definition) is 2. The molecule has 1 fully saturated rings. The Morgan fingerprint density at radius 1 is 1.21 bits per heavy atom. The van der Waals surface area contributed by atoms with Crippen LogP contribution in [0.1, 0.15) is 51.6 Å². The summed E-state index contributed by atoms with van der Waals surface area (Å²) in [6.45, 7) is 6.20. The number of aromatic carboxylic acids is 1. The summed E-state index contributed by atoms with van der Waals surface area (Å²) in [6, 6.07) is 3.52. The first-order chi connectivity index (χ1) is 8.84. The molecule has 1 aliphatic carbocycles. The molecule has 0 aromatic heterocycles. The Kier molecular flexibility index (Phi) is 3.35. The second kappa shape index (κ2) is 4.68. The molecule has 0 unspecified atom stereocenters. The number of hydrogen-bond acceptors (Lipinski definition) is 2. The van der Waals surface area contributed by atoms with E-state index in [2.05, 4.69) is 12.2 Å². The number of rotatable bonds is 4. The minimum atomic E-state index is -1.05. The maximum absolute atomic E-state index is 12.2. The van der Waals surface area contributed by atoms with Crippen LogP contribution in [0.25, 0.3) is 0 Å². The highest BCUT2D eigenvalue weighted by atomic mass is 16.4. The molecule has 0 radical (unpaired) electrons. The molecule has 4 heteroatoms. The van der Waals surface area contributed by atoms with Crippen molar-refractivity contribution in [3.63, 3.8) is 0 Å². The molecule has 1 aromatic carbocycles. The Morgan fingerprint density at radius 2 is 1.74 bits per heavy atom. The smallest absolute Gasteiger partial charge is 0.336 e. The van der Waals surface area contributed by atoms with Gasteiger partial charge in [0, 0.05) is 6.54 Å². The molecule has 0 atom stereocenters. The lowest BCUT2D eigenvalue weighted by atomic mass is 9.96. The molecule has 19 heavy (non-hydrogen) atoms. The summed E-state index contributed by atoms with van der Waals surface area (Å²) in [7, 11) is 0. The van der Waals surface area contributed by atoms with Crippen molar-refractivity contribution in [1.82, 2.24) is 5.32 Å². The zero-order valence-electron chi connectivity index (χ0n) is 11.5. The van der Waals surface area contributed by atoms with Gasteiger partial charge in [-0.3, -0.25) is 4.79 Å². The molecule has 2 rings (SSSR count). The van der Waals surface area contributed by atoms with Gasteiger partial charge in [-0.25, -0.2) is 4.79 Å². The standard InChI is InChI=1S/C15H19NO3/c1-9-4-5-10(2)12(14(18)19)11(9)13(17)16-8-15(3)6-7-15/h4-5H,6-8H2,1-3H3,(H,16,17)(H,18,19). The SMILES string of the molecule is Cc1ccc(C)c(C(=O)NCC2(C)CC2)c1C(=O)O. The second-order valence-electron chi connectivity index (χ2n) is 5.75. The fraction of sp³-hybridized carbons (Fsp3) is 0.467. The zero-order chi connectivity index (χ0) is 14.2. The lowest BCUT2D eigenvalue weighted by Gasteiger charge is -2.14. The third-order valence-corrected chi connectivity index (χ3v) is 3.84. The van der Waals surface area contributed by atoms with E-state index in [0.29, 0.717) is 17.7 Å². The molecular formula is C15H19NO3. The van der Waals surface area contributed by atoms with Crippen molar-refractivity contribution in [2.75, 3.05) is 6.54 Å². The molecule has 0 saturated heterocycles. The quantitative estimate of drug-likeness (QED) is 0.875. The number of carboxylic acid groups (broad SMARTS) is 1. The molecule has 0 bridgehead atoms. The van der Waals surface area contributed by atoms with Crippen LogP contribution in [-0.2, 0) is 0 Å². The first-order valence-electron chi connectivity index (χ1n) is 6.46. The summed E-state index contributed by atoms with van der Waals surface area (Å²) in [6.07, 6.45) is 2.23. The van der Waals surface area contributed by atoms with Crippen molar-refractivity contribution >= 4 is 11.9 Å². The summed E-state index contributed by atoms with van der Waals surface area (Å²) >= 11 is 0. The molecule has 0 spiro atoms. The first-order valence-corrected chi connectivity index (χ1v) is 6.46. The summed E-state index contributed by atoms with van der Waals surface area (Å²) < 4.78 is 0. The van der Waals surface area contributed by atoms with Crippen LogP contribution in [0.15, 0.2) is 12.1 Å². The second-order valence-corrected chi connectivity index (χ2v) is 5.75. The monoisotopic (exact) mass is 261 g/mol. The molecule has 1 saturated carbocycles. The molecule has 1 aliphatic rings. The topological polar surface area (TPSA) is 66.4 Å². The number of nitrogens with one attached hydrogen (secondary N) is 1. The fourth-order valence-electron chi connectivity index (χ4n) is 2.15. The lowest BCUT2D eigenvalue weighted by Crippen LogP contribution is -2.31. The third kappa shape index (κ3) is 2.78. The van der Waals surface area contributed by atoms with Crippen molar-refractivity contribution < 1.29 is 14.7 Å². The molecular weight excluding hydrogens is 242 g/mol. The maximum atomic E-state index is 12.2. The van der Waals surface area contributed by atoms with E-state index in [0.717, 1.165) is 12.8 Å².